The summed E-state index contributed by atoms with van der Waals surface area (Å²) in [4.78, 5) is 23.3. The largest absolute Gasteiger partial charge is 0.397 e. The number of nitrogens with zero attached hydrogens (tertiary/aromatic N) is 1. The molecule has 92 valence electrons. The van der Waals surface area contributed by atoms with E-state index in [0.29, 0.717) is 4.90 Å². The van der Waals surface area contributed by atoms with Gasteiger partial charge in [-0.1, -0.05) is 6.58 Å². The minimum absolute atomic E-state index is 0.0317. The SMILES string of the molecule is C=C(C)C(=O)N(C(=O)CC(F)(F)F)C(C)C. The van der Waals surface area contributed by atoms with E-state index in [0.717, 1.165) is 0 Å². The number of rotatable bonds is 3. The molecule has 0 saturated carbocycles. The predicted molar refractivity (Wildman–Crippen MR) is 52.5 cm³/mol. The van der Waals surface area contributed by atoms with Crippen molar-refractivity contribution in [3.05, 3.63) is 12.2 Å². The Morgan fingerprint density at radius 2 is 1.75 bits per heavy atom. The number of halogens is 3. The number of carbonyl (C=O) groups excluding carboxylic acids is 2. The second-order valence-corrected chi connectivity index (χ2v) is 3.73. The van der Waals surface area contributed by atoms with E-state index in [9.17, 15) is 22.8 Å². The van der Waals surface area contributed by atoms with Gasteiger partial charge in [-0.2, -0.15) is 13.2 Å². The van der Waals surface area contributed by atoms with Crippen LogP contribution in [0.4, 0.5) is 13.2 Å². The highest BCUT2D eigenvalue weighted by molar-refractivity contribution is 6.03. The molecule has 0 bridgehead atoms. The van der Waals surface area contributed by atoms with E-state index in [4.69, 9.17) is 0 Å². The summed E-state index contributed by atoms with van der Waals surface area (Å²) in [5.74, 6) is -2.03. The Morgan fingerprint density at radius 1 is 1.31 bits per heavy atom. The molecule has 0 saturated heterocycles. The van der Waals surface area contributed by atoms with Gasteiger partial charge in [0.15, 0.2) is 0 Å². The lowest BCUT2D eigenvalue weighted by molar-refractivity contribution is -0.165. The number of imide groups is 1. The average molecular weight is 237 g/mol. The Hall–Kier alpha value is -1.33. The summed E-state index contributed by atoms with van der Waals surface area (Å²) in [6.07, 6.45) is -6.25. The van der Waals surface area contributed by atoms with E-state index >= 15 is 0 Å². The molecule has 0 fully saturated rings. The summed E-state index contributed by atoms with van der Waals surface area (Å²) in [7, 11) is 0. The highest BCUT2D eigenvalue weighted by Crippen LogP contribution is 2.22. The van der Waals surface area contributed by atoms with Crippen molar-refractivity contribution in [2.45, 2.75) is 39.4 Å². The zero-order chi connectivity index (χ0) is 13.1. The maximum atomic E-state index is 12.0. The quantitative estimate of drug-likeness (QED) is 0.706. The van der Waals surface area contributed by atoms with Crippen molar-refractivity contribution in [1.82, 2.24) is 4.90 Å². The number of carbonyl (C=O) groups is 2. The smallest absolute Gasteiger partial charge is 0.276 e. The molecule has 0 N–H and O–H groups in total. The van der Waals surface area contributed by atoms with E-state index in [1.165, 1.54) is 20.8 Å². The van der Waals surface area contributed by atoms with Crippen molar-refractivity contribution in [3.8, 4) is 0 Å². The van der Waals surface area contributed by atoms with E-state index in [2.05, 4.69) is 6.58 Å². The Balaban J connectivity index is 4.88. The van der Waals surface area contributed by atoms with Gasteiger partial charge in [-0.3, -0.25) is 14.5 Å². The molecule has 0 heterocycles. The minimum Gasteiger partial charge on any atom is -0.276 e. The molecule has 0 unspecified atom stereocenters. The summed E-state index contributed by atoms with van der Waals surface area (Å²) in [6, 6.07) is -0.626. The van der Waals surface area contributed by atoms with Gasteiger partial charge in [-0.05, 0) is 20.8 Å². The molecule has 0 aliphatic rings. The maximum absolute atomic E-state index is 12.0. The molecule has 3 nitrogen and oxygen atoms in total. The number of alkyl halides is 3. The van der Waals surface area contributed by atoms with Crippen LogP contribution < -0.4 is 0 Å². The summed E-state index contributed by atoms with van der Waals surface area (Å²) in [6.45, 7) is 7.59. The van der Waals surface area contributed by atoms with Gasteiger partial charge in [0.2, 0.25) is 5.91 Å². The van der Waals surface area contributed by atoms with Gasteiger partial charge in [0.25, 0.3) is 5.91 Å². The molecule has 0 aromatic rings. The highest BCUT2D eigenvalue weighted by Gasteiger charge is 2.36. The van der Waals surface area contributed by atoms with Gasteiger partial charge in [-0.15, -0.1) is 0 Å². The molecule has 0 aromatic heterocycles. The van der Waals surface area contributed by atoms with E-state index < -0.39 is 30.5 Å². The van der Waals surface area contributed by atoms with Crippen LogP contribution in [0.5, 0.6) is 0 Å². The number of amides is 2. The van der Waals surface area contributed by atoms with Crippen molar-refractivity contribution in [1.29, 1.82) is 0 Å². The van der Waals surface area contributed by atoms with Crippen LogP contribution in [-0.4, -0.2) is 28.9 Å². The van der Waals surface area contributed by atoms with Gasteiger partial charge in [0.05, 0.1) is 0 Å². The molecule has 2 amide bonds. The predicted octanol–water partition coefficient (Wildman–Crippen LogP) is 2.28. The van der Waals surface area contributed by atoms with Crippen molar-refractivity contribution in [2.24, 2.45) is 0 Å². The first-order valence-corrected chi connectivity index (χ1v) is 4.65. The summed E-state index contributed by atoms with van der Waals surface area (Å²) in [5.41, 5.74) is 0.0317. The van der Waals surface area contributed by atoms with Crippen molar-refractivity contribution in [3.63, 3.8) is 0 Å². The Labute approximate surface area is 91.9 Å². The van der Waals surface area contributed by atoms with Crippen molar-refractivity contribution < 1.29 is 22.8 Å². The third-order valence-corrected chi connectivity index (χ3v) is 1.72. The van der Waals surface area contributed by atoms with Gasteiger partial charge < -0.3 is 0 Å². The fourth-order valence-electron chi connectivity index (χ4n) is 1.10. The van der Waals surface area contributed by atoms with Crippen LogP contribution in [0.2, 0.25) is 0 Å². The normalized spacial score (nSPS) is 11.4. The molecular formula is C10H14F3NO2. The Morgan fingerprint density at radius 3 is 2.00 bits per heavy atom. The van der Waals surface area contributed by atoms with E-state index in [-0.39, 0.29) is 5.57 Å². The van der Waals surface area contributed by atoms with Gasteiger partial charge >= 0.3 is 6.18 Å². The van der Waals surface area contributed by atoms with Crippen molar-refractivity contribution in [2.75, 3.05) is 0 Å². The second-order valence-electron chi connectivity index (χ2n) is 3.73. The first kappa shape index (κ1) is 14.7. The fourth-order valence-corrected chi connectivity index (χ4v) is 1.10. The maximum Gasteiger partial charge on any atom is 0.397 e. The fraction of sp³-hybridized carbons (Fsp3) is 0.600. The molecule has 0 aliphatic heterocycles. The molecule has 0 atom stereocenters. The molecule has 6 heteroatoms. The van der Waals surface area contributed by atoms with Crippen molar-refractivity contribution >= 4 is 11.8 Å². The summed E-state index contributed by atoms with van der Waals surface area (Å²) >= 11 is 0. The number of hydrogen-bond donors (Lipinski definition) is 0. The van der Waals surface area contributed by atoms with Crippen LogP contribution in [0.25, 0.3) is 0 Å². The Bertz CT molecular complexity index is 308. The lowest BCUT2D eigenvalue weighted by atomic mass is 10.2. The molecule has 0 rings (SSSR count). The summed E-state index contributed by atoms with van der Waals surface area (Å²) < 4.78 is 36.0. The van der Waals surface area contributed by atoms with Crippen LogP contribution in [0, 0.1) is 0 Å². The van der Waals surface area contributed by atoms with Crippen LogP contribution in [0.15, 0.2) is 12.2 Å². The third-order valence-electron chi connectivity index (χ3n) is 1.72. The molecule has 0 radical (unpaired) electrons. The van der Waals surface area contributed by atoms with Crippen LogP contribution in [0.1, 0.15) is 27.2 Å². The monoisotopic (exact) mass is 237 g/mol. The second kappa shape index (κ2) is 5.14. The summed E-state index contributed by atoms with van der Waals surface area (Å²) in [5, 5.41) is 0. The van der Waals surface area contributed by atoms with Gasteiger partial charge in [0.1, 0.15) is 6.42 Å². The molecule has 0 spiro atoms. The molecule has 16 heavy (non-hydrogen) atoms. The first-order chi connectivity index (χ1) is 7.06. The zero-order valence-corrected chi connectivity index (χ0v) is 9.39. The van der Waals surface area contributed by atoms with Crippen LogP contribution in [0.3, 0.4) is 0 Å². The lowest BCUT2D eigenvalue weighted by Crippen LogP contribution is -2.43. The number of hydrogen-bond acceptors (Lipinski definition) is 2. The zero-order valence-electron chi connectivity index (χ0n) is 9.39. The van der Waals surface area contributed by atoms with E-state index in [1.54, 1.807) is 0 Å². The first-order valence-electron chi connectivity index (χ1n) is 4.65. The average Bonchev–Trinajstić information content (AvgIpc) is 1.99. The molecule has 0 aromatic carbocycles. The standard InChI is InChI=1S/C10H14F3NO2/c1-6(2)9(16)14(7(3)4)8(15)5-10(11,12)13/h7H,1,5H2,2-4H3. The van der Waals surface area contributed by atoms with Gasteiger partial charge in [-0.25, -0.2) is 0 Å². The highest BCUT2D eigenvalue weighted by atomic mass is 19.4. The van der Waals surface area contributed by atoms with Gasteiger partial charge in [0, 0.05) is 11.6 Å². The van der Waals surface area contributed by atoms with E-state index in [1.807, 2.05) is 0 Å². The molecular weight excluding hydrogens is 223 g/mol. The third kappa shape index (κ3) is 4.46. The Kier molecular flexibility index (Phi) is 4.71. The lowest BCUT2D eigenvalue weighted by Gasteiger charge is -2.25. The van der Waals surface area contributed by atoms with Crippen LogP contribution >= 0.6 is 0 Å². The topological polar surface area (TPSA) is 37.4 Å². The minimum atomic E-state index is -4.61. The molecule has 0 aliphatic carbocycles. The van der Waals surface area contributed by atoms with Crippen LogP contribution in [-0.2, 0) is 9.59 Å².